The van der Waals surface area contributed by atoms with E-state index in [0.717, 1.165) is 47.6 Å². The van der Waals surface area contributed by atoms with Gasteiger partial charge in [-0.1, -0.05) is 18.2 Å². The number of carboxylic acid groups (broad SMARTS) is 1. The van der Waals surface area contributed by atoms with Gasteiger partial charge in [0.1, 0.15) is 16.9 Å². The second kappa shape index (κ2) is 13.4. The lowest BCUT2D eigenvalue weighted by Gasteiger charge is -2.43. The van der Waals surface area contributed by atoms with E-state index >= 15 is 0 Å². The smallest absolute Gasteiger partial charge is 0.340 e. The fourth-order valence-electron chi connectivity index (χ4n) is 8.15. The van der Waals surface area contributed by atoms with Crippen LogP contribution in [-0.4, -0.2) is 65.8 Å². The average Bonchev–Trinajstić information content (AvgIpc) is 3.44. The molecule has 0 saturated carbocycles. The Balaban J connectivity index is 1.10. The van der Waals surface area contributed by atoms with Crippen LogP contribution in [0.2, 0.25) is 0 Å². The number of anilines is 2. The molecular weight excluding hydrogens is 702 g/mol. The normalized spacial score (nSPS) is 16.9. The first-order valence-corrected chi connectivity index (χ1v) is 18.4. The number of hydrogen-bond donors (Lipinski definition) is 1. The molecule has 9 rings (SSSR count). The van der Waals surface area contributed by atoms with Gasteiger partial charge < -0.3 is 23.7 Å². The molecule has 1 atom stereocenters. The molecule has 1 N–H and O–H groups in total. The van der Waals surface area contributed by atoms with E-state index in [2.05, 4.69) is 9.80 Å². The first kappa shape index (κ1) is 34.2. The number of hydrogen-bond acceptors (Lipinski definition) is 10. The summed E-state index contributed by atoms with van der Waals surface area (Å²) in [5.41, 5.74) is 4.62. The second-order valence-corrected chi connectivity index (χ2v) is 14.5. The van der Waals surface area contributed by atoms with Crippen molar-refractivity contribution in [3.8, 4) is 22.5 Å². The van der Waals surface area contributed by atoms with Gasteiger partial charge in [0.05, 0.1) is 12.1 Å². The van der Waals surface area contributed by atoms with Crippen LogP contribution in [0.15, 0.2) is 97.3 Å². The molecule has 55 heavy (non-hydrogen) atoms. The molecule has 276 valence electrons. The van der Waals surface area contributed by atoms with Gasteiger partial charge in [-0.25, -0.2) is 9.59 Å². The molecule has 5 aliphatic rings. The van der Waals surface area contributed by atoms with Gasteiger partial charge in [-0.15, -0.1) is 0 Å². The minimum absolute atomic E-state index is 0.0707. The predicted molar refractivity (Wildman–Crippen MR) is 205 cm³/mol. The van der Waals surface area contributed by atoms with Crippen LogP contribution in [-0.2, 0) is 27.2 Å². The Labute approximate surface area is 313 Å². The third-order valence-corrected chi connectivity index (χ3v) is 11.2. The fraction of sp³-hybridized carbons (Fsp3) is 0.256. The predicted octanol–water partition coefficient (Wildman–Crippen LogP) is 5.66. The van der Waals surface area contributed by atoms with E-state index in [-0.39, 0.29) is 48.4 Å². The van der Waals surface area contributed by atoms with E-state index in [0.29, 0.717) is 57.5 Å². The highest BCUT2D eigenvalue weighted by atomic mass is 16.4. The summed E-state index contributed by atoms with van der Waals surface area (Å²) in [6, 6.07) is 22.7. The number of fused-ring (bicyclic) bond motifs is 3. The van der Waals surface area contributed by atoms with Gasteiger partial charge in [0.15, 0.2) is 11.2 Å². The minimum atomic E-state index is -1.07. The maximum absolute atomic E-state index is 13.7. The summed E-state index contributed by atoms with van der Waals surface area (Å²) in [6.45, 7) is 2.15. The van der Waals surface area contributed by atoms with Crippen molar-refractivity contribution < 1.29 is 33.1 Å². The molecule has 1 unspecified atom stereocenters. The number of aromatic carboxylic acids is 1. The van der Waals surface area contributed by atoms with Crippen molar-refractivity contribution in [2.45, 2.75) is 44.6 Å². The van der Waals surface area contributed by atoms with Gasteiger partial charge in [0, 0.05) is 102 Å². The lowest BCUT2D eigenvalue weighted by atomic mass is 9.88. The number of amides is 2. The van der Waals surface area contributed by atoms with E-state index < -0.39 is 29.2 Å². The monoisotopic (exact) mass is 737 g/mol. The molecule has 1 aliphatic carbocycles. The molecular formula is C43H35N3O9. The molecule has 0 bridgehead atoms. The summed E-state index contributed by atoms with van der Waals surface area (Å²) >= 11 is 0. The highest BCUT2D eigenvalue weighted by Gasteiger charge is 2.34. The lowest BCUT2D eigenvalue weighted by Crippen LogP contribution is -2.49. The van der Waals surface area contributed by atoms with Gasteiger partial charge in [0.2, 0.25) is 11.8 Å². The standard InChI is InChI=1S/C43H35N3O9/c47-27-8-11-33-38(22-27)54-37-20-25(7-10-32(37)41(33)30-4-1-2-5-31(30)42(51)52)45-17-14-26(45)18-34-29-9-6-24(44-15-3-16-44)19-36(29)55-43(53)35(34)21-28(48)23-46-39(49)12-13-40(46)50/h1-2,4-11,19-20,22,26H,3,12-18,21,23H2,(H,51,52). The Kier molecular flexibility index (Phi) is 8.33. The van der Waals surface area contributed by atoms with E-state index in [1.807, 2.05) is 36.4 Å². The van der Waals surface area contributed by atoms with E-state index in [4.69, 9.17) is 8.83 Å². The minimum Gasteiger partial charge on any atom is -0.478 e. The average molecular weight is 738 g/mol. The molecule has 1 aromatic heterocycles. The molecule has 12 heteroatoms. The third-order valence-electron chi connectivity index (χ3n) is 11.2. The number of carbonyl (C=O) groups excluding carboxylic acids is 3. The van der Waals surface area contributed by atoms with Crippen molar-refractivity contribution >= 4 is 56.9 Å². The summed E-state index contributed by atoms with van der Waals surface area (Å²) in [5, 5.41) is 11.5. The maximum atomic E-state index is 13.7. The highest BCUT2D eigenvalue weighted by molar-refractivity contribution is 6.08. The van der Waals surface area contributed by atoms with E-state index in [9.17, 15) is 33.9 Å². The number of nitrogens with zero attached hydrogens (tertiary/aromatic N) is 3. The Hall–Kier alpha value is -6.56. The molecule has 4 aliphatic heterocycles. The third kappa shape index (κ3) is 6.03. The topological polar surface area (TPSA) is 159 Å². The Morgan fingerprint density at radius 3 is 2.20 bits per heavy atom. The first-order chi connectivity index (χ1) is 26.6. The van der Waals surface area contributed by atoms with Crippen molar-refractivity contribution in [3.05, 3.63) is 116 Å². The summed E-state index contributed by atoms with van der Waals surface area (Å²) in [7, 11) is 0. The summed E-state index contributed by atoms with van der Waals surface area (Å²) in [5.74, 6) is -1.95. The summed E-state index contributed by atoms with van der Waals surface area (Å²) in [4.78, 5) is 81.7. The number of benzene rings is 4. The summed E-state index contributed by atoms with van der Waals surface area (Å²) in [6.07, 6.45) is 2.15. The van der Waals surface area contributed by atoms with Crippen LogP contribution < -0.4 is 20.9 Å². The van der Waals surface area contributed by atoms with Crippen LogP contribution in [0.1, 0.15) is 47.2 Å². The Morgan fingerprint density at radius 1 is 0.745 bits per heavy atom. The number of rotatable bonds is 10. The van der Waals surface area contributed by atoms with Gasteiger partial charge in [0.25, 0.3) is 0 Å². The Morgan fingerprint density at radius 2 is 1.47 bits per heavy atom. The fourth-order valence-corrected chi connectivity index (χ4v) is 8.15. The van der Waals surface area contributed by atoms with Crippen LogP contribution in [0.25, 0.3) is 44.4 Å². The van der Waals surface area contributed by atoms with E-state index in [1.54, 1.807) is 30.3 Å². The molecule has 3 saturated heterocycles. The molecule has 0 spiro atoms. The molecule has 0 radical (unpaired) electrons. The van der Waals surface area contributed by atoms with Crippen molar-refractivity contribution in [3.63, 3.8) is 0 Å². The number of likely N-dealkylation sites (tertiary alicyclic amines) is 1. The van der Waals surface area contributed by atoms with Gasteiger partial charge in [-0.2, -0.15) is 0 Å². The zero-order valence-electron chi connectivity index (χ0n) is 29.7. The lowest BCUT2D eigenvalue weighted by molar-refractivity contribution is -0.141. The van der Waals surface area contributed by atoms with Crippen LogP contribution in [0.3, 0.4) is 0 Å². The number of imide groups is 1. The van der Waals surface area contributed by atoms with Gasteiger partial charge in [-0.05, 0) is 72.9 Å². The second-order valence-electron chi connectivity index (χ2n) is 14.5. The zero-order chi connectivity index (χ0) is 38.0. The van der Waals surface area contributed by atoms with Crippen LogP contribution in [0.5, 0.6) is 0 Å². The number of ketones is 1. The molecule has 3 aromatic carbocycles. The van der Waals surface area contributed by atoms with Crippen LogP contribution >= 0.6 is 0 Å². The maximum Gasteiger partial charge on any atom is 0.340 e. The molecule has 3 fully saturated rings. The molecule has 5 heterocycles. The van der Waals surface area contributed by atoms with Crippen molar-refractivity contribution in [2.24, 2.45) is 0 Å². The first-order valence-electron chi connectivity index (χ1n) is 18.4. The highest BCUT2D eigenvalue weighted by Crippen LogP contribution is 2.43. The molecule has 4 aromatic rings. The van der Waals surface area contributed by atoms with Crippen molar-refractivity contribution in [1.29, 1.82) is 0 Å². The SMILES string of the molecule is O=C(Cc1c(CC2CCN2c2ccc3c(-c4ccccc4C(=O)O)c4ccc(=O)cc-4oc3c2)c2ccc(N3CCC3)cc2oc1=O)CN1C(=O)CCC1=O. The number of carbonyl (C=O) groups is 4. The largest absolute Gasteiger partial charge is 0.478 e. The Bertz CT molecular complexity index is 2680. The summed E-state index contributed by atoms with van der Waals surface area (Å²) < 4.78 is 12.2. The van der Waals surface area contributed by atoms with Crippen LogP contribution in [0.4, 0.5) is 11.4 Å². The van der Waals surface area contributed by atoms with E-state index in [1.165, 1.54) is 12.1 Å². The zero-order valence-corrected chi connectivity index (χ0v) is 29.7. The van der Waals surface area contributed by atoms with Gasteiger partial charge >= 0.3 is 11.6 Å². The molecule has 2 amide bonds. The van der Waals surface area contributed by atoms with Crippen LogP contribution in [0, 0.1) is 0 Å². The quantitative estimate of drug-likeness (QED) is 0.105. The number of carboxylic acids is 1. The number of Topliss-reactive ketones (excluding diaryl/α,β-unsaturated/α-hetero) is 1. The van der Waals surface area contributed by atoms with Gasteiger partial charge in [-0.3, -0.25) is 24.1 Å². The van der Waals surface area contributed by atoms with Crippen molar-refractivity contribution in [2.75, 3.05) is 36.0 Å². The molecule has 12 nitrogen and oxygen atoms in total. The van der Waals surface area contributed by atoms with Crippen molar-refractivity contribution in [1.82, 2.24) is 4.90 Å².